The number of rotatable bonds is 13. The monoisotopic (exact) mass is 456 g/mol. The van der Waals surface area contributed by atoms with Crippen molar-refractivity contribution in [2.24, 2.45) is 0 Å². The van der Waals surface area contributed by atoms with Gasteiger partial charge in [-0.3, -0.25) is 24.5 Å². The van der Waals surface area contributed by atoms with Gasteiger partial charge in [-0.25, -0.2) is 9.68 Å². The molecule has 0 atom stereocenters. The van der Waals surface area contributed by atoms with E-state index < -0.39 is 23.4 Å². The average Bonchev–Trinajstić information content (AvgIpc) is 3.28. The number of nitrogens with zero attached hydrogens (tertiary/aromatic N) is 2. The topological polar surface area (TPSA) is 179 Å². The summed E-state index contributed by atoms with van der Waals surface area (Å²) < 4.78 is 5.21. The van der Waals surface area contributed by atoms with Gasteiger partial charge in [0.15, 0.2) is 0 Å². The van der Waals surface area contributed by atoms with Crippen LogP contribution in [-0.2, 0) is 35.4 Å². The van der Waals surface area contributed by atoms with Crippen molar-refractivity contribution in [1.82, 2.24) is 16.0 Å². The number of carbonyl (C=O) groups excluding carboxylic acids is 3. The summed E-state index contributed by atoms with van der Waals surface area (Å²) in [6.07, 6.45) is -0.0163. The molecule has 0 bridgehead atoms. The van der Waals surface area contributed by atoms with E-state index in [2.05, 4.69) is 10.6 Å². The summed E-state index contributed by atoms with van der Waals surface area (Å²) in [4.78, 5) is 59.9. The Morgan fingerprint density at radius 3 is 2.56 bits per heavy atom. The van der Waals surface area contributed by atoms with Crippen molar-refractivity contribution in [3.63, 3.8) is 0 Å². The lowest BCUT2D eigenvalue weighted by Gasteiger charge is -2.10. The number of benzene rings is 1. The molecule has 14 heteroatoms. The molecule has 1 aliphatic rings. The molecule has 2 amide bonds. The van der Waals surface area contributed by atoms with Crippen molar-refractivity contribution in [1.29, 1.82) is 0 Å². The van der Waals surface area contributed by atoms with Crippen molar-refractivity contribution in [2.75, 3.05) is 39.5 Å². The van der Waals surface area contributed by atoms with Crippen LogP contribution in [0, 0.1) is 10.1 Å². The summed E-state index contributed by atoms with van der Waals surface area (Å²) in [5.74, 6) is -1.44. The van der Waals surface area contributed by atoms with Gasteiger partial charge < -0.3 is 25.3 Å². The Labute approximate surface area is 182 Å². The van der Waals surface area contributed by atoms with Gasteiger partial charge in [0.25, 0.3) is 11.6 Å². The van der Waals surface area contributed by atoms with Crippen LogP contribution in [0.2, 0.25) is 0 Å². The molecule has 0 spiro atoms. The first kappa shape index (κ1) is 25.1. The minimum atomic E-state index is -0.647. The van der Waals surface area contributed by atoms with E-state index in [-0.39, 0.29) is 61.9 Å². The van der Waals surface area contributed by atoms with Crippen LogP contribution in [0.5, 0.6) is 0 Å². The lowest BCUT2D eigenvalue weighted by Crippen LogP contribution is -2.32. The zero-order chi connectivity index (χ0) is 23.3. The molecule has 0 unspecified atom stereocenters. The molecule has 1 aliphatic heterocycles. The highest BCUT2D eigenvalue weighted by molar-refractivity contribution is 5.95. The van der Waals surface area contributed by atoms with Gasteiger partial charge in [0.1, 0.15) is 18.6 Å². The van der Waals surface area contributed by atoms with Crippen LogP contribution in [0.15, 0.2) is 18.2 Å². The number of hydrogen-bond acceptors (Lipinski definition) is 11. The maximum absolute atomic E-state index is 12.1. The van der Waals surface area contributed by atoms with E-state index in [1.807, 2.05) is 0 Å². The highest BCUT2D eigenvalue weighted by Crippen LogP contribution is 2.20. The third kappa shape index (κ3) is 8.52. The van der Waals surface area contributed by atoms with Crippen molar-refractivity contribution in [2.45, 2.75) is 19.4 Å². The zero-order valence-electron chi connectivity index (χ0n) is 17.1. The molecule has 1 fully saturated rings. The Bertz CT molecular complexity index is 813. The third-order valence-electron chi connectivity index (χ3n) is 4.02. The van der Waals surface area contributed by atoms with E-state index in [9.17, 15) is 29.6 Å². The number of hydrogen-bond donors (Lipinski definition) is 3. The van der Waals surface area contributed by atoms with Gasteiger partial charge in [0.05, 0.1) is 36.7 Å². The quantitative estimate of drug-likeness (QED) is 0.195. The molecule has 1 heterocycles. The molecular weight excluding hydrogens is 432 g/mol. The normalized spacial score (nSPS) is 13.5. The number of nitrogens with one attached hydrogen (secondary N) is 2. The number of nitro benzene ring substituents is 1. The van der Waals surface area contributed by atoms with Gasteiger partial charge in [-0.05, 0) is 12.1 Å². The molecule has 176 valence electrons. The number of nitro groups is 1. The predicted octanol–water partition coefficient (Wildman–Crippen LogP) is -0.633. The summed E-state index contributed by atoms with van der Waals surface area (Å²) in [6, 6.07) is 3.64. The Kier molecular flexibility index (Phi) is 10.4. The molecule has 1 aromatic carbocycles. The first-order chi connectivity index (χ1) is 15.4. The van der Waals surface area contributed by atoms with Crippen molar-refractivity contribution >= 4 is 23.5 Å². The highest BCUT2D eigenvalue weighted by atomic mass is 17.2. The van der Waals surface area contributed by atoms with Crippen LogP contribution < -0.4 is 10.6 Å². The Balaban J connectivity index is 1.55. The predicted molar refractivity (Wildman–Crippen MR) is 104 cm³/mol. The molecule has 0 radical (unpaired) electrons. The third-order valence-corrected chi connectivity index (χ3v) is 4.02. The first-order valence-corrected chi connectivity index (χ1v) is 9.68. The molecule has 0 aromatic heterocycles. The number of carbonyl (C=O) groups is 3. The molecule has 0 aliphatic carbocycles. The van der Waals surface area contributed by atoms with Crippen LogP contribution in [0.1, 0.15) is 28.8 Å². The van der Waals surface area contributed by atoms with Crippen LogP contribution in [0.3, 0.4) is 0 Å². The SMILES string of the molecule is O=C(CCNC(=O)c1ccc([N+](=O)[O-])c(CO)c1)NCCOCCC(=O)ON1OCCO1. The second kappa shape index (κ2) is 13.3. The van der Waals surface area contributed by atoms with Gasteiger partial charge in [0, 0.05) is 31.1 Å². The van der Waals surface area contributed by atoms with Gasteiger partial charge >= 0.3 is 5.97 Å². The van der Waals surface area contributed by atoms with E-state index in [1.54, 1.807) is 0 Å². The fraction of sp³-hybridized carbons (Fsp3) is 0.500. The lowest BCUT2D eigenvalue weighted by molar-refractivity contribution is -0.460. The largest absolute Gasteiger partial charge is 0.391 e. The van der Waals surface area contributed by atoms with Gasteiger partial charge in [-0.15, -0.1) is 0 Å². The maximum Gasteiger partial charge on any atom is 0.333 e. The second-order valence-corrected chi connectivity index (χ2v) is 6.33. The molecule has 32 heavy (non-hydrogen) atoms. The van der Waals surface area contributed by atoms with Crippen LogP contribution >= 0.6 is 0 Å². The molecular formula is C18H24N4O10. The van der Waals surface area contributed by atoms with Crippen LogP contribution in [0.4, 0.5) is 5.69 Å². The molecule has 0 saturated carbocycles. The first-order valence-electron chi connectivity index (χ1n) is 9.68. The average molecular weight is 456 g/mol. The van der Waals surface area contributed by atoms with Crippen molar-refractivity contribution in [3.8, 4) is 0 Å². The summed E-state index contributed by atoms with van der Waals surface area (Å²) in [5, 5.41) is 25.8. The van der Waals surface area contributed by atoms with Crippen LogP contribution in [0.25, 0.3) is 0 Å². The van der Waals surface area contributed by atoms with Gasteiger partial charge in [0.2, 0.25) is 5.91 Å². The fourth-order valence-corrected chi connectivity index (χ4v) is 2.47. The summed E-state index contributed by atoms with van der Waals surface area (Å²) in [6.45, 7) is 0.540. The molecule has 1 saturated heterocycles. The van der Waals surface area contributed by atoms with E-state index in [4.69, 9.17) is 19.2 Å². The summed E-state index contributed by atoms with van der Waals surface area (Å²) >= 11 is 0. The van der Waals surface area contributed by atoms with E-state index in [0.29, 0.717) is 18.6 Å². The maximum atomic E-state index is 12.1. The second-order valence-electron chi connectivity index (χ2n) is 6.33. The minimum absolute atomic E-state index is 0.00768. The Hall–Kier alpha value is -3.17. The van der Waals surface area contributed by atoms with E-state index in [1.165, 1.54) is 12.1 Å². The molecule has 1 aromatic rings. The smallest absolute Gasteiger partial charge is 0.333 e. The zero-order valence-corrected chi connectivity index (χ0v) is 17.1. The minimum Gasteiger partial charge on any atom is -0.391 e. The highest BCUT2D eigenvalue weighted by Gasteiger charge is 2.19. The standard InChI is InChI=1S/C18H24N4O10/c23-12-14-11-13(1-2-15(14)21(27)28)18(26)20-5-3-16(24)19-6-8-29-7-4-17(25)32-22-30-9-10-31-22/h1-2,11,23H,3-10,12H2,(H,19,24)(H,20,26). The van der Waals surface area contributed by atoms with Crippen molar-refractivity contribution in [3.05, 3.63) is 39.4 Å². The number of aliphatic hydroxyl groups is 1. The van der Waals surface area contributed by atoms with Crippen molar-refractivity contribution < 1.29 is 43.7 Å². The van der Waals surface area contributed by atoms with E-state index >= 15 is 0 Å². The van der Waals surface area contributed by atoms with Gasteiger partial charge in [-0.1, -0.05) is 0 Å². The number of amides is 2. The Morgan fingerprint density at radius 1 is 1.12 bits per heavy atom. The molecule has 3 N–H and O–H groups in total. The summed E-state index contributed by atoms with van der Waals surface area (Å²) in [5.41, 5.74) is -0.127. The van der Waals surface area contributed by atoms with Crippen LogP contribution in [-0.4, -0.2) is 72.7 Å². The fourth-order valence-electron chi connectivity index (χ4n) is 2.47. The molecule has 2 rings (SSSR count). The Morgan fingerprint density at radius 2 is 1.88 bits per heavy atom. The molecule has 14 nitrogen and oxygen atoms in total. The number of ether oxygens (including phenoxy) is 1. The lowest BCUT2D eigenvalue weighted by atomic mass is 10.1. The van der Waals surface area contributed by atoms with E-state index in [0.717, 1.165) is 6.07 Å². The van der Waals surface area contributed by atoms with Gasteiger partial charge in [-0.2, -0.15) is 0 Å². The number of aliphatic hydroxyl groups excluding tert-OH is 1. The summed E-state index contributed by atoms with van der Waals surface area (Å²) in [7, 11) is 0.